The molecule has 0 radical (unpaired) electrons. The first-order chi connectivity index (χ1) is 16.5. The van der Waals surface area contributed by atoms with Crippen LogP contribution in [0.2, 0.25) is 0 Å². The van der Waals surface area contributed by atoms with E-state index in [2.05, 4.69) is 16.1 Å². The number of amides is 2. The summed E-state index contributed by atoms with van der Waals surface area (Å²) < 4.78 is 19.8. The number of ether oxygens (including phenoxy) is 1. The maximum atomic E-state index is 13.2. The second-order valence-electron chi connectivity index (χ2n) is 10.1. The third kappa shape index (κ3) is 4.96. The van der Waals surface area contributed by atoms with Crippen molar-refractivity contribution in [3.8, 4) is 6.07 Å². The molecule has 2 aliphatic rings. The number of rotatable bonds is 4. The number of halogens is 1. The number of nitrogens with zero attached hydrogens (tertiary/aromatic N) is 5. The Morgan fingerprint density at radius 3 is 2.43 bits per heavy atom. The van der Waals surface area contributed by atoms with Gasteiger partial charge in [0, 0.05) is 42.3 Å². The molecule has 4 rings (SSSR count). The summed E-state index contributed by atoms with van der Waals surface area (Å²) in [6.45, 7) is 6.12. The molecule has 184 valence electrons. The smallest absolute Gasteiger partial charge is 0.410 e. The first-order valence-electron chi connectivity index (χ1n) is 11.1. The van der Waals surface area contributed by atoms with Crippen LogP contribution in [0.1, 0.15) is 42.3 Å². The molecule has 1 atom stereocenters. The fraction of sp³-hybridized carbons (Fsp3) is 0.458. The van der Waals surface area contributed by atoms with E-state index in [1.807, 2.05) is 12.1 Å². The van der Waals surface area contributed by atoms with Crippen molar-refractivity contribution in [1.29, 1.82) is 5.26 Å². The molecule has 1 aromatic heterocycles. The first kappa shape index (κ1) is 24.2. The van der Waals surface area contributed by atoms with E-state index in [9.17, 15) is 18.9 Å². The second kappa shape index (κ2) is 9.02. The van der Waals surface area contributed by atoms with E-state index in [0.717, 1.165) is 5.56 Å². The molecule has 1 spiro atoms. The van der Waals surface area contributed by atoms with Gasteiger partial charge in [-0.2, -0.15) is 10.4 Å². The number of aromatic nitrogens is 2. The number of carbonyl (C=O) groups is 3. The minimum atomic E-state index is -1.05. The third-order valence-electron chi connectivity index (χ3n) is 6.27. The molecule has 2 aromatic rings. The van der Waals surface area contributed by atoms with Gasteiger partial charge in [-0.05, 0) is 38.5 Å². The molecule has 0 saturated carbocycles. The lowest BCUT2D eigenvalue weighted by Gasteiger charge is -2.49. The van der Waals surface area contributed by atoms with Gasteiger partial charge < -0.3 is 14.5 Å². The highest BCUT2D eigenvalue weighted by Crippen LogP contribution is 2.45. The van der Waals surface area contributed by atoms with E-state index < -0.39 is 29.0 Å². The standard InChI is InChI=1S/C24H26FN5O5/c1-23(2,3)34-22(33)29-14-24(15-29)13-28(12-19(24)21(32)35-25)20(31)18-9-27-30(11-18)10-17-6-4-16(8-26)5-7-17/h4-7,9,11,19H,10,12-15H2,1-3H3. The Morgan fingerprint density at radius 2 is 1.83 bits per heavy atom. The lowest BCUT2D eigenvalue weighted by atomic mass is 9.72. The summed E-state index contributed by atoms with van der Waals surface area (Å²) >= 11 is 0. The molecule has 2 amide bonds. The summed E-state index contributed by atoms with van der Waals surface area (Å²) in [5, 5.41) is 13.2. The molecule has 0 aliphatic carbocycles. The molecule has 10 nitrogen and oxygen atoms in total. The van der Waals surface area contributed by atoms with Crippen molar-refractivity contribution in [3.05, 3.63) is 53.3 Å². The predicted molar refractivity (Wildman–Crippen MR) is 119 cm³/mol. The van der Waals surface area contributed by atoms with Gasteiger partial charge in [0.15, 0.2) is 0 Å². The van der Waals surface area contributed by atoms with Crippen molar-refractivity contribution in [2.24, 2.45) is 11.3 Å². The van der Waals surface area contributed by atoms with Gasteiger partial charge in [0.1, 0.15) is 5.60 Å². The summed E-state index contributed by atoms with van der Waals surface area (Å²) in [5.74, 6) is -2.30. The lowest BCUT2D eigenvalue weighted by molar-refractivity contribution is -0.195. The molecule has 2 fully saturated rings. The van der Waals surface area contributed by atoms with Crippen molar-refractivity contribution in [2.45, 2.75) is 32.9 Å². The highest BCUT2D eigenvalue weighted by Gasteiger charge is 2.60. The van der Waals surface area contributed by atoms with E-state index in [4.69, 9.17) is 10.00 Å². The molecule has 2 saturated heterocycles. The molecule has 0 bridgehead atoms. The van der Waals surface area contributed by atoms with Crippen molar-refractivity contribution in [3.63, 3.8) is 0 Å². The van der Waals surface area contributed by atoms with Crippen LogP contribution in [0.4, 0.5) is 9.32 Å². The van der Waals surface area contributed by atoms with Crippen molar-refractivity contribution in [1.82, 2.24) is 19.6 Å². The lowest BCUT2D eigenvalue weighted by Crippen LogP contribution is -2.63. The highest BCUT2D eigenvalue weighted by molar-refractivity contribution is 5.94. The Kier molecular flexibility index (Phi) is 6.23. The minimum absolute atomic E-state index is 0.0233. The quantitative estimate of drug-likeness (QED) is 0.656. The zero-order valence-corrected chi connectivity index (χ0v) is 19.7. The molecular formula is C24H26FN5O5. The summed E-state index contributed by atoms with van der Waals surface area (Å²) in [6, 6.07) is 9.10. The average Bonchev–Trinajstić information content (AvgIpc) is 3.41. The Labute approximate surface area is 201 Å². The van der Waals surface area contributed by atoms with Gasteiger partial charge in [-0.15, -0.1) is 0 Å². The van der Waals surface area contributed by atoms with Crippen LogP contribution >= 0.6 is 0 Å². The Morgan fingerprint density at radius 1 is 1.17 bits per heavy atom. The van der Waals surface area contributed by atoms with Crippen LogP contribution in [0.3, 0.4) is 0 Å². The van der Waals surface area contributed by atoms with Gasteiger partial charge in [0.05, 0.1) is 35.9 Å². The van der Waals surface area contributed by atoms with Crippen LogP contribution < -0.4 is 0 Å². The molecule has 1 unspecified atom stereocenters. The van der Waals surface area contributed by atoms with Gasteiger partial charge in [0.25, 0.3) is 5.91 Å². The van der Waals surface area contributed by atoms with Gasteiger partial charge in [-0.3, -0.25) is 14.4 Å². The van der Waals surface area contributed by atoms with Crippen LogP contribution in [0.5, 0.6) is 0 Å². The van der Waals surface area contributed by atoms with Crippen molar-refractivity contribution < 1.29 is 28.6 Å². The van der Waals surface area contributed by atoms with Crippen LogP contribution in [0.15, 0.2) is 36.7 Å². The first-order valence-corrected chi connectivity index (χ1v) is 11.1. The SMILES string of the molecule is CC(C)(C)OC(=O)N1CC2(C1)CN(C(=O)c1cnn(Cc3ccc(C#N)cc3)c1)CC2C(=O)OF. The second-order valence-corrected chi connectivity index (χ2v) is 10.1. The van der Waals surface area contributed by atoms with Crippen molar-refractivity contribution in [2.75, 3.05) is 26.2 Å². The summed E-state index contributed by atoms with van der Waals surface area (Å²) in [4.78, 5) is 44.1. The summed E-state index contributed by atoms with van der Waals surface area (Å²) in [7, 11) is 0. The van der Waals surface area contributed by atoms with Gasteiger partial charge in [0.2, 0.25) is 0 Å². The topological polar surface area (TPSA) is 118 Å². The van der Waals surface area contributed by atoms with Crippen LogP contribution in [-0.2, 0) is 21.0 Å². The zero-order chi connectivity index (χ0) is 25.4. The number of nitriles is 1. The number of hydrogen-bond acceptors (Lipinski definition) is 7. The normalized spacial score (nSPS) is 18.7. The number of benzene rings is 1. The number of carbonyl (C=O) groups excluding carboxylic acids is 3. The van der Waals surface area contributed by atoms with Crippen LogP contribution in [0, 0.1) is 22.7 Å². The molecule has 11 heteroatoms. The van der Waals surface area contributed by atoms with Crippen LogP contribution in [0.25, 0.3) is 0 Å². The Hall–Kier alpha value is -3.94. The monoisotopic (exact) mass is 483 g/mol. The van der Waals surface area contributed by atoms with E-state index in [1.165, 1.54) is 16.0 Å². The maximum Gasteiger partial charge on any atom is 0.410 e. The predicted octanol–water partition coefficient (Wildman–Crippen LogP) is 2.54. The van der Waals surface area contributed by atoms with Gasteiger partial charge >= 0.3 is 12.1 Å². The van der Waals surface area contributed by atoms with E-state index >= 15 is 0 Å². The molecular weight excluding hydrogens is 457 g/mol. The molecule has 35 heavy (non-hydrogen) atoms. The van der Waals surface area contributed by atoms with Gasteiger partial charge in [-0.25, -0.2) is 9.59 Å². The fourth-order valence-corrected chi connectivity index (χ4v) is 4.61. The minimum Gasteiger partial charge on any atom is -0.444 e. The number of hydrogen-bond donors (Lipinski definition) is 0. The zero-order valence-electron chi connectivity index (χ0n) is 19.7. The van der Waals surface area contributed by atoms with Crippen LogP contribution in [-0.4, -0.2) is 69.3 Å². The highest BCUT2D eigenvalue weighted by atomic mass is 19.3. The Bertz CT molecular complexity index is 1170. The third-order valence-corrected chi connectivity index (χ3v) is 6.27. The van der Waals surface area contributed by atoms with E-state index in [-0.39, 0.29) is 32.1 Å². The fourth-order valence-electron chi connectivity index (χ4n) is 4.61. The summed E-state index contributed by atoms with van der Waals surface area (Å²) in [5.41, 5.74) is 0.316. The largest absolute Gasteiger partial charge is 0.444 e. The van der Waals surface area contributed by atoms with Gasteiger partial charge in [-0.1, -0.05) is 12.1 Å². The van der Waals surface area contributed by atoms with E-state index in [0.29, 0.717) is 17.7 Å². The molecule has 0 N–H and O–H groups in total. The van der Waals surface area contributed by atoms with Crippen molar-refractivity contribution >= 4 is 18.0 Å². The number of likely N-dealkylation sites (tertiary alicyclic amines) is 2. The maximum absolute atomic E-state index is 13.2. The van der Waals surface area contributed by atoms with E-state index in [1.54, 1.807) is 43.8 Å². The molecule has 2 aliphatic heterocycles. The molecule has 1 aromatic carbocycles. The Balaban J connectivity index is 1.44. The molecule has 3 heterocycles. The summed E-state index contributed by atoms with van der Waals surface area (Å²) in [6.07, 6.45) is 2.51. The average molecular weight is 484 g/mol.